The highest BCUT2D eigenvalue weighted by Crippen LogP contribution is 2.21. The Hall–Kier alpha value is -1.81. The van der Waals surface area contributed by atoms with E-state index >= 15 is 0 Å². The van der Waals surface area contributed by atoms with Crippen LogP contribution in [0.5, 0.6) is 0 Å². The summed E-state index contributed by atoms with van der Waals surface area (Å²) in [7, 11) is 1.93. The van der Waals surface area contributed by atoms with Gasteiger partial charge >= 0.3 is 0 Å². The van der Waals surface area contributed by atoms with Crippen LogP contribution in [0.1, 0.15) is 41.6 Å². The zero-order valence-corrected chi connectivity index (χ0v) is 13.5. The number of amides is 1. The van der Waals surface area contributed by atoms with Gasteiger partial charge < -0.3 is 9.88 Å². The molecule has 0 unspecified atom stereocenters. The van der Waals surface area contributed by atoms with Gasteiger partial charge in [0.15, 0.2) is 0 Å². The van der Waals surface area contributed by atoms with Gasteiger partial charge in [0.1, 0.15) is 5.82 Å². The zero-order chi connectivity index (χ0) is 15.6. The molecular weight excluding hydrogens is 286 g/mol. The Balaban J connectivity index is 2.25. The Kier molecular flexibility index (Phi) is 4.68. The van der Waals surface area contributed by atoms with E-state index < -0.39 is 0 Å². The molecule has 0 aliphatic rings. The van der Waals surface area contributed by atoms with Gasteiger partial charge in [-0.3, -0.25) is 4.79 Å². The van der Waals surface area contributed by atoms with Crippen LogP contribution in [0.15, 0.2) is 30.6 Å². The maximum absolute atomic E-state index is 12.5. The summed E-state index contributed by atoms with van der Waals surface area (Å²) in [6.45, 7) is 6.01. The maximum atomic E-state index is 12.5. The molecule has 1 aromatic heterocycles. The van der Waals surface area contributed by atoms with E-state index in [0.717, 1.165) is 11.4 Å². The summed E-state index contributed by atoms with van der Waals surface area (Å²) in [6, 6.07) is 5.14. The summed E-state index contributed by atoms with van der Waals surface area (Å²) in [5, 5.41) is 3.70. The summed E-state index contributed by atoms with van der Waals surface area (Å²) >= 11 is 5.93. The van der Waals surface area contributed by atoms with Gasteiger partial charge in [0.2, 0.25) is 0 Å². The van der Waals surface area contributed by atoms with Crippen LogP contribution in [0.2, 0.25) is 5.02 Å². The molecule has 5 heteroatoms. The molecule has 0 aliphatic carbocycles. The highest BCUT2D eigenvalue weighted by atomic mass is 35.5. The van der Waals surface area contributed by atoms with Crippen LogP contribution >= 0.6 is 11.6 Å². The Morgan fingerprint density at radius 1 is 1.38 bits per heavy atom. The first-order valence-corrected chi connectivity index (χ1v) is 7.32. The molecule has 0 spiro atoms. The van der Waals surface area contributed by atoms with Crippen LogP contribution in [0.4, 0.5) is 0 Å². The van der Waals surface area contributed by atoms with Gasteiger partial charge in [-0.2, -0.15) is 0 Å². The van der Waals surface area contributed by atoms with E-state index in [0.29, 0.717) is 10.6 Å². The van der Waals surface area contributed by atoms with E-state index in [9.17, 15) is 4.79 Å². The molecule has 21 heavy (non-hydrogen) atoms. The van der Waals surface area contributed by atoms with Crippen molar-refractivity contribution in [1.82, 2.24) is 14.9 Å². The first kappa shape index (κ1) is 15.6. The van der Waals surface area contributed by atoms with Crippen molar-refractivity contribution < 1.29 is 4.79 Å². The fraction of sp³-hybridized carbons (Fsp3) is 0.375. The van der Waals surface area contributed by atoms with Crippen LogP contribution < -0.4 is 5.32 Å². The standard InChI is InChI=1S/C16H20ClN3O/c1-10(2)14(15-18-7-8-20(15)4)19-16(21)13-6-5-12(17)9-11(13)3/h5-10,14H,1-4H3,(H,19,21)/t14-/m1/s1. The molecule has 0 saturated carbocycles. The average molecular weight is 306 g/mol. The fourth-order valence-electron chi connectivity index (χ4n) is 2.31. The van der Waals surface area contributed by atoms with E-state index in [2.05, 4.69) is 24.1 Å². The highest BCUT2D eigenvalue weighted by molar-refractivity contribution is 6.30. The number of imidazole rings is 1. The molecule has 2 aromatic rings. The Morgan fingerprint density at radius 2 is 2.10 bits per heavy atom. The van der Waals surface area contributed by atoms with Crippen molar-refractivity contribution >= 4 is 17.5 Å². The van der Waals surface area contributed by atoms with Gasteiger partial charge in [0, 0.05) is 30.0 Å². The van der Waals surface area contributed by atoms with E-state index in [1.165, 1.54) is 0 Å². The molecule has 1 heterocycles. The molecule has 4 nitrogen and oxygen atoms in total. The maximum Gasteiger partial charge on any atom is 0.252 e. The molecule has 0 aliphatic heterocycles. The minimum absolute atomic E-state index is 0.106. The Morgan fingerprint density at radius 3 is 2.62 bits per heavy atom. The number of rotatable bonds is 4. The molecule has 0 radical (unpaired) electrons. The van der Waals surface area contributed by atoms with E-state index in [-0.39, 0.29) is 17.9 Å². The second-order valence-corrected chi connectivity index (χ2v) is 5.99. The summed E-state index contributed by atoms with van der Waals surface area (Å²) in [5.41, 5.74) is 1.50. The summed E-state index contributed by atoms with van der Waals surface area (Å²) in [6.07, 6.45) is 3.62. The SMILES string of the molecule is Cc1cc(Cl)ccc1C(=O)N[C@@H](c1nccn1C)C(C)C. The van der Waals surface area contributed by atoms with Crippen LogP contribution in [0.3, 0.4) is 0 Å². The number of carbonyl (C=O) groups is 1. The highest BCUT2D eigenvalue weighted by Gasteiger charge is 2.23. The van der Waals surface area contributed by atoms with Crippen LogP contribution in [0.25, 0.3) is 0 Å². The van der Waals surface area contributed by atoms with Crippen LogP contribution in [-0.2, 0) is 7.05 Å². The number of benzene rings is 1. The molecule has 1 aromatic carbocycles. The molecule has 1 N–H and O–H groups in total. The second kappa shape index (κ2) is 6.31. The number of nitrogens with zero attached hydrogens (tertiary/aromatic N) is 2. The number of hydrogen-bond acceptors (Lipinski definition) is 2. The lowest BCUT2D eigenvalue weighted by Gasteiger charge is -2.22. The number of aryl methyl sites for hydroxylation is 2. The van der Waals surface area contributed by atoms with E-state index in [1.807, 2.05) is 24.7 Å². The Bertz CT molecular complexity index is 649. The van der Waals surface area contributed by atoms with E-state index in [1.54, 1.807) is 24.4 Å². The smallest absolute Gasteiger partial charge is 0.252 e. The topological polar surface area (TPSA) is 46.9 Å². The van der Waals surface area contributed by atoms with Crippen molar-refractivity contribution in [3.8, 4) is 0 Å². The quantitative estimate of drug-likeness (QED) is 0.939. The van der Waals surface area contributed by atoms with Gasteiger partial charge in [0.05, 0.1) is 6.04 Å². The monoisotopic (exact) mass is 305 g/mol. The minimum Gasteiger partial charge on any atom is -0.342 e. The van der Waals surface area contributed by atoms with Gasteiger partial charge in [-0.05, 0) is 36.6 Å². The van der Waals surface area contributed by atoms with E-state index in [4.69, 9.17) is 11.6 Å². The molecule has 0 saturated heterocycles. The first-order valence-electron chi connectivity index (χ1n) is 6.94. The third kappa shape index (κ3) is 3.45. The lowest BCUT2D eigenvalue weighted by atomic mass is 10.0. The largest absolute Gasteiger partial charge is 0.342 e. The van der Waals surface area contributed by atoms with Gasteiger partial charge in [-0.15, -0.1) is 0 Å². The molecule has 1 atom stereocenters. The van der Waals surface area contributed by atoms with Crippen molar-refractivity contribution in [1.29, 1.82) is 0 Å². The third-order valence-corrected chi connectivity index (χ3v) is 3.76. The van der Waals surface area contributed by atoms with Crippen LogP contribution in [-0.4, -0.2) is 15.5 Å². The van der Waals surface area contributed by atoms with Crippen molar-refractivity contribution in [3.63, 3.8) is 0 Å². The number of aromatic nitrogens is 2. The van der Waals surface area contributed by atoms with Crippen molar-refractivity contribution in [3.05, 3.63) is 52.6 Å². The zero-order valence-electron chi connectivity index (χ0n) is 12.7. The lowest BCUT2D eigenvalue weighted by molar-refractivity contribution is 0.0922. The molecule has 2 rings (SSSR count). The van der Waals surface area contributed by atoms with Crippen molar-refractivity contribution in [2.45, 2.75) is 26.8 Å². The fourth-order valence-corrected chi connectivity index (χ4v) is 2.53. The number of hydrogen-bond donors (Lipinski definition) is 1. The molecular formula is C16H20ClN3O. The van der Waals surface area contributed by atoms with Crippen molar-refractivity contribution in [2.24, 2.45) is 13.0 Å². The summed E-state index contributed by atoms with van der Waals surface area (Å²) < 4.78 is 1.93. The Labute approximate surface area is 130 Å². The normalized spacial score (nSPS) is 12.5. The first-order chi connectivity index (χ1) is 9.90. The molecule has 112 valence electrons. The lowest BCUT2D eigenvalue weighted by Crippen LogP contribution is -2.33. The number of nitrogens with one attached hydrogen (secondary N) is 1. The predicted octanol–water partition coefficient (Wildman–Crippen LogP) is 3.51. The minimum atomic E-state index is -0.132. The number of carbonyl (C=O) groups excluding carboxylic acids is 1. The molecule has 1 amide bonds. The van der Waals surface area contributed by atoms with Crippen LogP contribution in [0, 0.1) is 12.8 Å². The summed E-state index contributed by atoms with van der Waals surface area (Å²) in [4.78, 5) is 16.9. The van der Waals surface area contributed by atoms with Gasteiger partial charge in [-0.1, -0.05) is 25.4 Å². The van der Waals surface area contributed by atoms with Gasteiger partial charge in [-0.25, -0.2) is 4.98 Å². The van der Waals surface area contributed by atoms with Crippen molar-refractivity contribution in [2.75, 3.05) is 0 Å². The predicted molar refractivity (Wildman–Crippen MR) is 84.4 cm³/mol. The second-order valence-electron chi connectivity index (χ2n) is 5.55. The molecule has 0 fully saturated rings. The summed E-state index contributed by atoms with van der Waals surface area (Å²) in [5.74, 6) is 0.985. The average Bonchev–Trinajstić information content (AvgIpc) is 2.81. The molecule has 0 bridgehead atoms. The number of halogens is 1. The third-order valence-electron chi connectivity index (χ3n) is 3.52. The van der Waals surface area contributed by atoms with Gasteiger partial charge in [0.25, 0.3) is 5.91 Å².